The Morgan fingerprint density at radius 2 is 2.23 bits per heavy atom. The molecule has 2 rings (SSSR count). The topological polar surface area (TPSA) is 39.9 Å². The van der Waals surface area contributed by atoms with Crippen LogP contribution in [0.3, 0.4) is 0 Å². The molecular weight excluding hydrogens is 166 g/mol. The lowest BCUT2D eigenvalue weighted by molar-refractivity contribution is 0.221. The molecule has 0 radical (unpaired) electrons. The van der Waals surface area contributed by atoms with E-state index in [2.05, 4.69) is 10.1 Å². The van der Waals surface area contributed by atoms with Crippen molar-refractivity contribution in [1.29, 1.82) is 0 Å². The van der Waals surface area contributed by atoms with Gasteiger partial charge in [0.1, 0.15) is 0 Å². The standard InChI is InChI=1S/C7H11N3O.C2H6/c1-2-6-8-7-10(9-6)4-3-5-11-7;1-2/h2-5H2,1H3;1-2H3. The van der Waals surface area contributed by atoms with Crippen molar-refractivity contribution < 1.29 is 4.74 Å². The van der Waals surface area contributed by atoms with E-state index in [1.54, 1.807) is 0 Å². The number of hydrogen-bond donors (Lipinski definition) is 0. The summed E-state index contributed by atoms with van der Waals surface area (Å²) in [7, 11) is 0. The third-order valence-corrected chi connectivity index (χ3v) is 1.74. The Bertz CT molecular complexity index is 234. The Kier molecular flexibility index (Phi) is 3.73. The zero-order chi connectivity index (χ0) is 9.68. The second-order valence-electron chi connectivity index (χ2n) is 2.59. The largest absolute Gasteiger partial charge is 0.464 e. The zero-order valence-corrected chi connectivity index (χ0v) is 8.58. The van der Waals surface area contributed by atoms with Crippen LogP contribution in [0.15, 0.2) is 0 Å². The van der Waals surface area contributed by atoms with Gasteiger partial charge in [0.05, 0.1) is 6.61 Å². The molecule has 1 aliphatic rings. The van der Waals surface area contributed by atoms with E-state index in [1.165, 1.54) is 0 Å². The van der Waals surface area contributed by atoms with Crippen LogP contribution in [-0.2, 0) is 13.0 Å². The van der Waals surface area contributed by atoms with Gasteiger partial charge in [-0.1, -0.05) is 20.8 Å². The van der Waals surface area contributed by atoms with E-state index in [0.29, 0.717) is 6.01 Å². The average molecular weight is 183 g/mol. The number of nitrogens with zero attached hydrogens (tertiary/aromatic N) is 3. The normalized spacial score (nSPS) is 13.8. The van der Waals surface area contributed by atoms with Gasteiger partial charge in [0.15, 0.2) is 5.82 Å². The molecule has 0 bridgehead atoms. The number of hydrogen-bond acceptors (Lipinski definition) is 3. The van der Waals surface area contributed by atoms with E-state index in [0.717, 1.165) is 31.8 Å². The van der Waals surface area contributed by atoms with Gasteiger partial charge in [-0.25, -0.2) is 4.68 Å². The quantitative estimate of drug-likeness (QED) is 0.664. The van der Waals surface area contributed by atoms with E-state index < -0.39 is 0 Å². The van der Waals surface area contributed by atoms with Gasteiger partial charge in [-0.15, -0.1) is 0 Å². The molecule has 13 heavy (non-hydrogen) atoms. The fourth-order valence-corrected chi connectivity index (χ4v) is 1.15. The Balaban J connectivity index is 0.000000396. The molecule has 0 aromatic carbocycles. The first-order valence-corrected chi connectivity index (χ1v) is 4.96. The lowest BCUT2D eigenvalue weighted by Crippen LogP contribution is -2.14. The maximum atomic E-state index is 5.30. The van der Waals surface area contributed by atoms with Crippen molar-refractivity contribution in [2.75, 3.05) is 6.61 Å². The Labute approximate surface area is 78.9 Å². The van der Waals surface area contributed by atoms with Crippen LogP contribution in [0.25, 0.3) is 0 Å². The number of rotatable bonds is 1. The number of ether oxygens (including phenoxy) is 1. The summed E-state index contributed by atoms with van der Waals surface area (Å²) in [5.74, 6) is 0.877. The van der Waals surface area contributed by atoms with Crippen LogP contribution in [0.2, 0.25) is 0 Å². The maximum absolute atomic E-state index is 5.30. The Hall–Kier alpha value is -1.06. The predicted molar refractivity (Wildman–Crippen MR) is 50.9 cm³/mol. The molecule has 4 nitrogen and oxygen atoms in total. The predicted octanol–water partition coefficient (Wildman–Crippen LogP) is 1.65. The highest BCUT2D eigenvalue weighted by atomic mass is 16.5. The molecule has 0 unspecified atom stereocenters. The van der Waals surface area contributed by atoms with E-state index in [9.17, 15) is 0 Å². The molecule has 1 aromatic heterocycles. The third kappa shape index (κ3) is 2.20. The molecule has 1 aliphatic heterocycles. The van der Waals surface area contributed by atoms with Crippen LogP contribution < -0.4 is 4.74 Å². The molecule has 1 aromatic rings. The maximum Gasteiger partial charge on any atom is 0.315 e. The molecule has 0 spiro atoms. The highest BCUT2D eigenvalue weighted by Gasteiger charge is 2.13. The van der Waals surface area contributed by atoms with E-state index in [-0.39, 0.29) is 0 Å². The second kappa shape index (κ2) is 4.84. The Morgan fingerprint density at radius 3 is 2.85 bits per heavy atom. The van der Waals surface area contributed by atoms with Crippen molar-refractivity contribution in [1.82, 2.24) is 14.8 Å². The minimum atomic E-state index is 0.688. The van der Waals surface area contributed by atoms with Crippen molar-refractivity contribution in [3.63, 3.8) is 0 Å². The van der Waals surface area contributed by atoms with Crippen molar-refractivity contribution in [2.24, 2.45) is 0 Å². The number of aromatic nitrogens is 3. The highest BCUT2D eigenvalue weighted by molar-refractivity contribution is 4.99. The van der Waals surface area contributed by atoms with Crippen LogP contribution in [0.4, 0.5) is 0 Å². The van der Waals surface area contributed by atoms with Crippen molar-refractivity contribution in [3.8, 4) is 6.01 Å². The molecule has 0 aliphatic carbocycles. The van der Waals surface area contributed by atoms with Gasteiger partial charge in [0.25, 0.3) is 0 Å². The Morgan fingerprint density at radius 1 is 1.46 bits per heavy atom. The smallest absolute Gasteiger partial charge is 0.315 e. The zero-order valence-electron chi connectivity index (χ0n) is 8.58. The molecule has 0 N–H and O–H groups in total. The van der Waals surface area contributed by atoms with Crippen LogP contribution >= 0.6 is 0 Å². The first-order valence-electron chi connectivity index (χ1n) is 4.96. The fourth-order valence-electron chi connectivity index (χ4n) is 1.15. The minimum absolute atomic E-state index is 0.688. The van der Waals surface area contributed by atoms with Gasteiger partial charge in [-0.2, -0.15) is 10.1 Å². The van der Waals surface area contributed by atoms with Crippen LogP contribution in [0.5, 0.6) is 6.01 Å². The van der Waals surface area contributed by atoms with E-state index >= 15 is 0 Å². The second-order valence-corrected chi connectivity index (χ2v) is 2.59. The summed E-state index contributed by atoms with van der Waals surface area (Å²) in [5, 5.41) is 4.25. The van der Waals surface area contributed by atoms with Crippen molar-refractivity contribution in [2.45, 2.75) is 40.2 Å². The first kappa shape index (κ1) is 10.0. The van der Waals surface area contributed by atoms with Crippen LogP contribution in [0.1, 0.15) is 33.0 Å². The SMILES string of the molecule is CC.CCc1nc2n(n1)CCCO2. The first-order chi connectivity index (χ1) is 6.40. The molecular formula is C9H17N3O. The van der Waals surface area contributed by atoms with Gasteiger partial charge in [-0.3, -0.25) is 0 Å². The van der Waals surface area contributed by atoms with Gasteiger partial charge in [0, 0.05) is 19.4 Å². The fraction of sp³-hybridized carbons (Fsp3) is 0.778. The van der Waals surface area contributed by atoms with Gasteiger partial charge >= 0.3 is 6.01 Å². The van der Waals surface area contributed by atoms with Crippen molar-refractivity contribution >= 4 is 0 Å². The van der Waals surface area contributed by atoms with Gasteiger partial charge < -0.3 is 4.74 Å². The van der Waals surface area contributed by atoms with Gasteiger partial charge in [-0.05, 0) is 0 Å². The van der Waals surface area contributed by atoms with E-state index in [4.69, 9.17) is 4.74 Å². The lowest BCUT2D eigenvalue weighted by Gasteiger charge is -2.11. The highest BCUT2D eigenvalue weighted by Crippen LogP contribution is 2.13. The lowest BCUT2D eigenvalue weighted by atomic mass is 10.4. The molecule has 0 amide bonds. The summed E-state index contributed by atoms with van der Waals surface area (Å²) in [4.78, 5) is 4.20. The van der Waals surface area contributed by atoms with Crippen molar-refractivity contribution in [3.05, 3.63) is 5.82 Å². The molecule has 0 saturated heterocycles. The van der Waals surface area contributed by atoms with Crippen LogP contribution in [-0.4, -0.2) is 21.4 Å². The average Bonchev–Trinajstić information content (AvgIpc) is 2.63. The summed E-state index contributed by atoms with van der Waals surface area (Å²) >= 11 is 0. The third-order valence-electron chi connectivity index (χ3n) is 1.74. The number of fused-ring (bicyclic) bond motifs is 1. The monoisotopic (exact) mass is 183 g/mol. The molecule has 0 fully saturated rings. The molecule has 4 heteroatoms. The summed E-state index contributed by atoms with van der Waals surface area (Å²) in [5.41, 5.74) is 0. The van der Waals surface area contributed by atoms with Gasteiger partial charge in [0.2, 0.25) is 0 Å². The molecule has 74 valence electrons. The summed E-state index contributed by atoms with van der Waals surface area (Å²) in [6.07, 6.45) is 1.92. The number of aryl methyl sites for hydroxylation is 2. The van der Waals surface area contributed by atoms with Crippen LogP contribution in [0, 0.1) is 0 Å². The molecule has 2 heterocycles. The molecule has 0 atom stereocenters. The summed E-state index contributed by atoms with van der Waals surface area (Å²) in [6.45, 7) is 7.77. The summed E-state index contributed by atoms with van der Waals surface area (Å²) in [6, 6.07) is 0.688. The molecule has 0 saturated carbocycles. The minimum Gasteiger partial charge on any atom is -0.464 e. The van der Waals surface area contributed by atoms with E-state index in [1.807, 2.05) is 25.5 Å². The summed E-state index contributed by atoms with van der Waals surface area (Å²) < 4.78 is 7.13.